The number of nitrogens with one attached hydrogen (secondary N) is 1. The Kier molecular flexibility index (Phi) is 8.54. The second kappa shape index (κ2) is 10.7. The van der Waals surface area contributed by atoms with E-state index in [-0.39, 0.29) is 24.3 Å². The summed E-state index contributed by atoms with van der Waals surface area (Å²) < 4.78 is 0. The summed E-state index contributed by atoms with van der Waals surface area (Å²) >= 11 is 12.1. The molecule has 0 heterocycles. The van der Waals surface area contributed by atoms with Gasteiger partial charge in [0.15, 0.2) is 0 Å². The van der Waals surface area contributed by atoms with Gasteiger partial charge in [-0.15, -0.1) is 0 Å². The molecule has 0 aromatic heterocycles. The first-order valence-corrected chi connectivity index (χ1v) is 10.6. The van der Waals surface area contributed by atoms with Crippen LogP contribution in [0, 0.1) is 6.92 Å². The molecule has 0 aliphatic carbocycles. The molecule has 0 spiro atoms. The summed E-state index contributed by atoms with van der Waals surface area (Å²) in [6.07, 6.45) is 0.969. The molecule has 6 heteroatoms. The van der Waals surface area contributed by atoms with Crippen LogP contribution in [0.2, 0.25) is 10.0 Å². The lowest BCUT2D eigenvalue weighted by Crippen LogP contribution is -2.50. The van der Waals surface area contributed by atoms with E-state index in [0.29, 0.717) is 16.6 Å². The predicted octanol–water partition coefficient (Wildman–Crippen LogP) is 5.18. The minimum Gasteiger partial charge on any atom is -0.352 e. The minimum absolute atomic E-state index is 0.0513. The molecular weight excluding hydrogens is 407 g/mol. The van der Waals surface area contributed by atoms with Gasteiger partial charge >= 0.3 is 0 Å². The third-order valence-corrected chi connectivity index (χ3v) is 5.85. The van der Waals surface area contributed by atoms with Gasteiger partial charge in [-0.2, -0.15) is 0 Å². The summed E-state index contributed by atoms with van der Waals surface area (Å²) in [6, 6.07) is 12.5. The summed E-state index contributed by atoms with van der Waals surface area (Å²) in [7, 11) is 0. The Labute approximate surface area is 183 Å². The zero-order valence-corrected chi connectivity index (χ0v) is 18.8. The van der Waals surface area contributed by atoms with Gasteiger partial charge in [-0.05, 0) is 56.0 Å². The number of nitrogens with zero attached hydrogens (tertiary/aromatic N) is 1. The summed E-state index contributed by atoms with van der Waals surface area (Å²) in [5.41, 5.74) is 2.85. The molecule has 0 saturated heterocycles. The predicted molar refractivity (Wildman–Crippen MR) is 119 cm³/mol. The maximum Gasteiger partial charge on any atom is 0.242 e. The number of amides is 2. The van der Waals surface area contributed by atoms with E-state index in [1.165, 1.54) is 0 Å². The number of halogens is 2. The van der Waals surface area contributed by atoms with Crippen LogP contribution in [0.5, 0.6) is 0 Å². The molecule has 0 bridgehead atoms. The van der Waals surface area contributed by atoms with Gasteiger partial charge in [-0.25, -0.2) is 0 Å². The topological polar surface area (TPSA) is 49.4 Å². The van der Waals surface area contributed by atoms with Gasteiger partial charge in [0.1, 0.15) is 6.04 Å². The van der Waals surface area contributed by atoms with Gasteiger partial charge < -0.3 is 10.2 Å². The Morgan fingerprint density at radius 1 is 1.07 bits per heavy atom. The Hall–Kier alpha value is -2.04. The molecule has 0 unspecified atom stereocenters. The maximum atomic E-state index is 13.2. The van der Waals surface area contributed by atoms with Gasteiger partial charge in [-0.1, -0.05) is 60.5 Å². The van der Waals surface area contributed by atoms with Crippen molar-refractivity contribution in [3.63, 3.8) is 0 Å². The Morgan fingerprint density at radius 2 is 1.76 bits per heavy atom. The molecule has 2 atom stereocenters. The average molecular weight is 435 g/mol. The van der Waals surface area contributed by atoms with E-state index in [1.807, 2.05) is 45.0 Å². The second-order valence-corrected chi connectivity index (χ2v) is 8.18. The molecule has 0 aliphatic rings. The summed E-state index contributed by atoms with van der Waals surface area (Å²) in [6.45, 7) is 8.09. The largest absolute Gasteiger partial charge is 0.352 e. The number of carbonyl (C=O) groups excluding carboxylic acids is 2. The molecular formula is C23H28Cl2N2O2. The molecule has 4 nitrogen and oxygen atoms in total. The lowest BCUT2D eigenvalue weighted by Gasteiger charge is -2.30. The first-order chi connectivity index (χ1) is 13.7. The SMILES string of the molecule is CC[C@@H](C)NC(=O)[C@H](C)N(Cc1ccccc1C)C(=O)Cc1ccc(Cl)c(Cl)c1. The number of carbonyl (C=O) groups is 2. The number of rotatable bonds is 8. The number of hydrogen-bond acceptors (Lipinski definition) is 2. The van der Waals surface area contributed by atoms with Crippen LogP contribution in [-0.2, 0) is 22.6 Å². The fraction of sp³-hybridized carbons (Fsp3) is 0.391. The maximum absolute atomic E-state index is 13.2. The number of benzene rings is 2. The van der Waals surface area contributed by atoms with E-state index in [0.717, 1.165) is 23.1 Å². The highest BCUT2D eigenvalue weighted by atomic mass is 35.5. The smallest absolute Gasteiger partial charge is 0.242 e. The van der Waals surface area contributed by atoms with E-state index in [4.69, 9.17) is 23.2 Å². The van der Waals surface area contributed by atoms with Gasteiger partial charge in [0.25, 0.3) is 0 Å². The first kappa shape index (κ1) is 23.2. The normalized spacial score (nSPS) is 12.9. The third-order valence-electron chi connectivity index (χ3n) is 5.11. The Morgan fingerprint density at radius 3 is 2.38 bits per heavy atom. The molecule has 2 rings (SSSR count). The molecule has 0 saturated carbocycles. The second-order valence-electron chi connectivity index (χ2n) is 7.37. The van der Waals surface area contributed by atoms with E-state index >= 15 is 0 Å². The molecule has 156 valence electrons. The van der Waals surface area contributed by atoms with Crippen molar-refractivity contribution in [3.05, 3.63) is 69.2 Å². The fourth-order valence-electron chi connectivity index (χ4n) is 2.94. The van der Waals surface area contributed by atoms with Crippen molar-refractivity contribution in [2.24, 2.45) is 0 Å². The fourth-order valence-corrected chi connectivity index (χ4v) is 3.27. The molecule has 0 radical (unpaired) electrons. The van der Waals surface area contributed by atoms with Crippen molar-refractivity contribution >= 4 is 35.0 Å². The third kappa shape index (κ3) is 6.48. The van der Waals surface area contributed by atoms with E-state index < -0.39 is 6.04 Å². The van der Waals surface area contributed by atoms with Gasteiger partial charge in [0.05, 0.1) is 16.5 Å². The van der Waals surface area contributed by atoms with Crippen molar-refractivity contribution in [2.75, 3.05) is 0 Å². The molecule has 2 aromatic carbocycles. The van der Waals surface area contributed by atoms with Crippen molar-refractivity contribution in [2.45, 2.75) is 59.2 Å². The molecule has 0 aliphatic heterocycles. The monoisotopic (exact) mass is 434 g/mol. The van der Waals surface area contributed by atoms with Gasteiger partial charge in [-0.3, -0.25) is 9.59 Å². The molecule has 0 fully saturated rings. The van der Waals surface area contributed by atoms with Crippen LogP contribution in [0.25, 0.3) is 0 Å². The Balaban J connectivity index is 2.27. The lowest BCUT2D eigenvalue weighted by molar-refractivity contribution is -0.140. The van der Waals surface area contributed by atoms with Crippen LogP contribution in [0.4, 0.5) is 0 Å². The van der Waals surface area contributed by atoms with Crippen LogP contribution in [0.1, 0.15) is 43.9 Å². The van der Waals surface area contributed by atoms with E-state index in [1.54, 1.807) is 30.0 Å². The van der Waals surface area contributed by atoms with Crippen molar-refractivity contribution < 1.29 is 9.59 Å². The molecule has 2 aromatic rings. The molecule has 29 heavy (non-hydrogen) atoms. The number of aryl methyl sites for hydroxylation is 1. The number of hydrogen-bond donors (Lipinski definition) is 1. The van der Waals surface area contributed by atoms with Crippen LogP contribution in [0.15, 0.2) is 42.5 Å². The van der Waals surface area contributed by atoms with Crippen LogP contribution in [0.3, 0.4) is 0 Å². The quantitative estimate of drug-likeness (QED) is 0.622. The lowest BCUT2D eigenvalue weighted by atomic mass is 10.1. The van der Waals surface area contributed by atoms with E-state index in [2.05, 4.69) is 5.32 Å². The van der Waals surface area contributed by atoms with E-state index in [9.17, 15) is 9.59 Å². The van der Waals surface area contributed by atoms with Crippen LogP contribution < -0.4 is 5.32 Å². The zero-order valence-electron chi connectivity index (χ0n) is 17.3. The summed E-state index contributed by atoms with van der Waals surface area (Å²) in [4.78, 5) is 27.6. The minimum atomic E-state index is -0.598. The average Bonchev–Trinajstić information content (AvgIpc) is 2.69. The van der Waals surface area contributed by atoms with Crippen LogP contribution in [-0.4, -0.2) is 28.8 Å². The summed E-state index contributed by atoms with van der Waals surface area (Å²) in [5, 5.41) is 3.83. The highest BCUT2D eigenvalue weighted by molar-refractivity contribution is 6.42. The van der Waals surface area contributed by atoms with Crippen molar-refractivity contribution in [3.8, 4) is 0 Å². The Bertz CT molecular complexity index is 870. The molecule has 2 amide bonds. The summed E-state index contributed by atoms with van der Waals surface area (Å²) in [5.74, 6) is -0.297. The van der Waals surface area contributed by atoms with Gasteiger partial charge in [0.2, 0.25) is 11.8 Å². The van der Waals surface area contributed by atoms with Crippen molar-refractivity contribution in [1.82, 2.24) is 10.2 Å². The molecule has 1 N–H and O–H groups in total. The standard InChI is InChI=1S/C23H28Cl2N2O2/c1-5-16(3)26-23(29)17(4)27(14-19-9-7-6-8-15(19)2)22(28)13-18-10-11-20(24)21(25)12-18/h6-12,16-17H,5,13-14H2,1-4H3,(H,26,29)/t16-,17+/m1/s1. The highest BCUT2D eigenvalue weighted by Gasteiger charge is 2.27. The van der Waals surface area contributed by atoms with Gasteiger partial charge in [0, 0.05) is 12.6 Å². The van der Waals surface area contributed by atoms with Crippen molar-refractivity contribution in [1.29, 1.82) is 0 Å². The van der Waals surface area contributed by atoms with Crippen LogP contribution >= 0.6 is 23.2 Å². The zero-order chi connectivity index (χ0) is 21.6. The first-order valence-electron chi connectivity index (χ1n) is 9.81. The highest BCUT2D eigenvalue weighted by Crippen LogP contribution is 2.23.